The van der Waals surface area contributed by atoms with Crippen LogP contribution in [0.15, 0.2) is 12.4 Å². The van der Waals surface area contributed by atoms with Crippen LogP contribution < -0.4 is 5.32 Å². The average Bonchev–Trinajstić information content (AvgIpc) is 2.52. The Balaban J connectivity index is 2.03. The van der Waals surface area contributed by atoms with Crippen LogP contribution in [0.2, 0.25) is 5.15 Å². The van der Waals surface area contributed by atoms with Crippen LogP contribution >= 0.6 is 11.6 Å². The van der Waals surface area contributed by atoms with Crippen molar-refractivity contribution in [1.29, 1.82) is 0 Å². The molecule has 0 bridgehead atoms. The molecule has 2 atom stereocenters. The van der Waals surface area contributed by atoms with Gasteiger partial charge in [0.2, 0.25) is 0 Å². The van der Waals surface area contributed by atoms with Crippen LogP contribution in [0.1, 0.15) is 13.3 Å². The molecular formula is C9H12ClN3O. The molecule has 2 unspecified atom stereocenters. The van der Waals surface area contributed by atoms with Gasteiger partial charge in [0.15, 0.2) is 0 Å². The third-order valence-corrected chi connectivity index (χ3v) is 2.50. The summed E-state index contributed by atoms with van der Waals surface area (Å²) in [4.78, 5) is 8.06. The van der Waals surface area contributed by atoms with Gasteiger partial charge in [-0.3, -0.25) is 4.98 Å². The summed E-state index contributed by atoms with van der Waals surface area (Å²) in [6.07, 6.45) is 4.39. The van der Waals surface area contributed by atoms with E-state index in [1.54, 1.807) is 6.20 Å². The fourth-order valence-corrected chi connectivity index (χ4v) is 1.67. The number of anilines is 1. The molecule has 5 heteroatoms. The van der Waals surface area contributed by atoms with Gasteiger partial charge in [0.1, 0.15) is 11.0 Å². The standard InChI is InChI=1S/C9H12ClN3O/c1-6-7(2-3-14-6)12-9-5-11-4-8(10)13-9/h4-7H,2-3H2,1H3,(H,12,13). The van der Waals surface area contributed by atoms with Gasteiger partial charge >= 0.3 is 0 Å². The van der Waals surface area contributed by atoms with Crippen molar-refractivity contribution in [2.75, 3.05) is 11.9 Å². The molecule has 0 aromatic carbocycles. The lowest BCUT2D eigenvalue weighted by Gasteiger charge is -2.16. The fraction of sp³-hybridized carbons (Fsp3) is 0.556. The van der Waals surface area contributed by atoms with Gasteiger partial charge < -0.3 is 10.1 Å². The predicted octanol–water partition coefficient (Wildman–Crippen LogP) is 1.72. The number of nitrogens with one attached hydrogen (secondary N) is 1. The van der Waals surface area contributed by atoms with Crippen molar-refractivity contribution in [3.05, 3.63) is 17.5 Å². The van der Waals surface area contributed by atoms with Gasteiger partial charge in [0.05, 0.1) is 24.5 Å². The maximum absolute atomic E-state index is 5.72. The van der Waals surface area contributed by atoms with Gasteiger partial charge in [0.25, 0.3) is 0 Å². The van der Waals surface area contributed by atoms with E-state index in [0.29, 0.717) is 17.0 Å². The molecule has 4 nitrogen and oxygen atoms in total. The van der Waals surface area contributed by atoms with Crippen molar-refractivity contribution >= 4 is 17.4 Å². The largest absolute Gasteiger partial charge is 0.376 e. The second-order valence-corrected chi connectivity index (χ2v) is 3.73. The molecule has 0 saturated carbocycles. The maximum Gasteiger partial charge on any atom is 0.149 e. The van der Waals surface area contributed by atoms with Gasteiger partial charge in [-0.1, -0.05) is 11.6 Å². The topological polar surface area (TPSA) is 47.0 Å². The first-order valence-corrected chi connectivity index (χ1v) is 4.99. The zero-order valence-corrected chi connectivity index (χ0v) is 8.66. The summed E-state index contributed by atoms with van der Waals surface area (Å²) in [5, 5.41) is 3.65. The van der Waals surface area contributed by atoms with Crippen molar-refractivity contribution in [3.8, 4) is 0 Å². The zero-order chi connectivity index (χ0) is 9.97. The first kappa shape index (κ1) is 9.68. The van der Waals surface area contributed by atoms with Crippen molar-refractivity contribution in [3.63, 3.8) is 0 Å². The number of halogens is 1. The summed E-state index contributed by atoms with van der Waals surface area (Å²) in [7, 11) is 0. The zero-order valence-electron chi connectivity index (χ0n) is 7.90. The smallest absolute Gasteiger partial charge is 0.149 e. The summed E-state index contributed by atoms with van der Waals surface area (Å²) in [6, 6.07) is 0.308. The highest BCUT2D eigenvalue weighted by Crippen LogP contribution is 2.17. The molecule has 0 amide bonds. The Bertz CT molecular complexity index is 321. The van der Waals surface area contributed by atoms with Crippen molar-refractivity contribution < 1.29 is 4.74 Å². The Morgan fingerprint density at radius 3 is 3.07 bits per heavy atom. The number of aromatic nitrogens is 2. The van der Waals surface area contributed by atoms with Gasteiger partial charge in [0, 0.05) is 6.61 Å². The summed E-state index contributed by atoms with van der Waals surface area (Å²) in [6.45, 7) is 2.84. The average molecular weight is 214 g/mol. The number of hydrogen-bond acceptors (Lipinski definition) is 4. The Morgan fingerprint density at radius 2 is 2.43 bits per heavy atom. The predicted molar refractivity (Wildman–Crippen MR) is 54.5 cm³/mol. The second-order valence-electron chi connectivity index (χ2n) is 3.34. The summed E-state index contributed by atoms with van der Waals surface area (Å²) < 4.78 is 5.42. The first-order chi connectivity index (χ1) is 6.75. The van der Waals surface area contributed by atoms with Crippen LogP contribution in [-0.2, 0) is 4.74 Å². The normalized spacial score (nSPS) is 26.4. The lowest BCUT2D eigenvalue weighted by Crippen LogP contribution is -2.27. The highest BCUT2D eigenvalue weighted by molar-refractivity contribution is 6.29. The minimum absolute atomic E-state index is 0.218. The van der Waals surface area contributed by atoms with Gasteiger partial charge in [-0.2, -0.15) is 0 Å². The Labute approximate surface area is 87.7 Å². The van der Waals surface area contributed by atoms with E-state index in [9.17, 15) is 0 Å². The summed E-state index contributed by atoms with van der Waals surface area (Å²) >= 11 is 5.72. The summed E-state index contributed by atoms with van der Waals surface area (Å²) in [5.74, 6) is 0.708. The van der Waals surface area contributed by atoms with E-state index in [4.69, 9.17) is 16.3 Å². The monoisotopic (exact) mass is 213 g/mol. The van der Waals surface area contributed by atoms with Crippen LogP contribution in [0.4, 0.5) is 5.82 Å². The van der Waals surface area contributed by atoms with E-state index >= 15 is 0 Å². The molecule has 2 heterocycles. The van der Waals surface area contributed by atoms with E-state index < -0.39 is 0 Å². The molecule has 1 aliphatic rings. The molecule has 1 aromatic heterocycles. The lowest BCUT2D eigenvalue weighted by molar-refractivity contribution is 0.121. The van der Waals surface area contributed by atoms with Crippen molar-refractivity contribution in [1.82, 2.24) is 9.97 Å². The van der Waals surface area contributed by atoms with E-state index in [1.807, 2.05) is 6.92 Å². The highest BCUT2D eigenvalue weighted by Gasteiger charge is 2.24. The quantitative estimate of drug-likeness (QED) is 0.813. The molecule has 76 valence electrons. The maximum atomic E-state index is 5.72. The SMILES string of the molecule is CC1OCCC1Nc1cncc(Cl)n1. The third-order valence-electron chi connectivity index (χ3n) is 2.31. The van der Waals surface area contributed by atoms with E-state index in [0.717, 1.165) is 13.0 Å². The van der Waals surface area contributed by atoms with Crippen LogP contribution in [0.25, 0.3) is 0 Å². The van der Waals surface area contributed by atoms with Crippen LogP contribution in [0.3, 0.4) is 0 Å². The van der Waals surface area contributed by atoms with E-state index in [1.165, 1.54) is 6.20 Å². The van der Waals surface area contributed by atoms with E-state index in [2.05, 4.69) is 15.3 Å². The minimum Gasteiger partial charge on any atom is -0.376 e. The number of nitrogens with zero attached hydrogens (tertiary/aromatic N) is 2. The van der Waals surface area contributed by atoms with Gasteiger partial charge in [-0.25, -0.2) is 4.98 Å². The van der Waals surface area contributed by atoms with Crippen LogP contribution in [0.5, 0.6) is 0 Å². The number of hydrogen-bond donors (Lipinski definition) is 1. The molecule has 1 aliphatic heterocycles. The number of ether oxygens (including phenoxy) is 1. The van der Waals surface area contributed by atoms with Crippen LogP contribution in [-0.4, -0.2) is 28.7 Å². The van der Waals surface area contributed by atoms with Crippen molar-refractivity contribution in [2.24, 2.45) is 0 Å². The Hall–Kier alpha value is -0.870. The molecule has 2 rings (SSSR count). The Kier molecular flexibility index (Phi) is 2.84. The molecular weight excluding hydrogens is 202 g/mol. The fourth-order valence-electron chi connectivity index (χ4n) is 1.52. The summed E-state index contributed by atoms with van der Waals surface area (Å²) in [5.41, 5.74) is 0. The van der Waals surface area contributed by atoms with E-state index in [-0.39, 0.29) is 6.10 Å². The molecule has 1 aromatic rings. The third kappa shape index (κ3) is 2.13. The minimum atomic E-state index is 0.218. The molecule has 0 radical (unpaired) electrons. The number of rotatable bonds is 2. The van der Waals surface area contributed by atoms with Crippen molar-refractivity contribution in [2.45, 2.75) is 25.5 Å². The molecule has 1 N–H and O–H groups in total. The van der Waals surface area contributed by atoms with Crippen LogP contribution in [0, 0.1) is 0 Å². The Morgan fingerprint density at radius 1 is 1.57 bits per heavy atom. The first-order valence-electron chi connectivity index (χ1n) is 4.61. The molecule has 0 spiro atoms. The molecule has 1 fully saturated rings. The lowest BCUT2D eigenvalue weighted by atomic mass is 10.1. The molecule has 1 saturated heterocycles. The van der Waals surface area contributed by atoms with Gasteiger partial charge in [-0.15, -0.1) is 0 Å². The van der Waals surface area contributed by atoms with Gasteiger partial charge in [-0.05, 0) is 13.3 Å². The molecule has 0 aliphatic carbocycles. The molecule has 14 heavy (non-hydrogen) atoms. The highest BCUT2D eigenvalue weighted by atomic mass is 35.5. The second kappa shape index (κ2) is 4.11.